The van der Waals surface area contributed by atoms with Gasteiger partial charge in [0.1, 0.15) is 24.4 Å². The van der Waals surface area contributed by atoms with Crippen LogP contribution in [0.5, 0.6) is 0 Å². The molecule has 2 aliphatic rings. The minimum absolute atomic E-state index is 0.468. The summed E-state index contributed by atoms with van der Waals surface area (Å²) in [5, 5.41) is 27.9. The summed E-state index contributed by atoms with van der Waals surface area (Å²) in [6, 6.07) is 0. The van der Waals surface area contributed by atoms with Crippen molar-refractivity contribution < 1.29 is 29.5 Å². The van der Waals surface area contributed by atoms with Gasteiger partial charge in [-0.2, -0.15) is 0 Å². The fourth-order valence-corrected chi connectivity index (χ4v) is 1.94. The summed E-state index contributed by atoms with van der Waals surface area (Å²) in [5.41, 5.74) is 0. The molecular formula is C9H16O6. The highest BCUT2D eigenvalue weighted by molar-refractivity contribution is 4.95. The predicted molar refractivity (Wildman–Crippen MR) is 47.8 cm³/mol. The standard InChI is InChI=1S/C9H16O6/c1-9(2)14-7-5(12)6(4(11)3-10)13-8(7)15-9/h4-8,10-12H,3H2,1-2H3/t4-,5-,6-,7-,8?/m1/s1. The van der Waals surface area contributed by atoms with Crippen LogP contribution in [-0.2, 0) is 14.2 Å². The van der Waals surface area contributed by atoms with Gasteiger partial charge < -0.3 is 29.5 Å². The molecule has 6 heteroatoms. The van der Waals surface area contributed by atoms with Gasteiger partial charge in [-0.3, -0.25) is 0 Å². The summed E-state index contributed by atoms with van der Waals surface area (Å²) in [7, 11) is 0. The van der Waals surface area contributed by atoms with E-state index in [2.05, 4.69) is 0 Å². The van der Waals surface area contributed by atoms with Crippen LogP contribution in [0, 0.1) is 0 Å². The Morgan fingerprint density at radius 1 is 1.33 bits per heavy atom. The summed E-state index contributed by atoms with van der Waals surface area (Å²) in [6.07, 6.45) is -4.26. The van der Waals surface area contributed by atoms with Gasteiger partial charge in [-0.15, -0.1) is 0 Å². The van der Waals surface area contributed by atoms with Crippen LogP contribution in [0.4, 0.5) is 0 Å². The van der Waals surface area contributed by atoms with E-state index in [1.165, 1.54) is 0 Å². The Labute approximate surface area is 87.4 Å². The molecule has 0 aromatic heterocycles. The number of aliphatic hydroxyl groups is 3. The second-order valence-electron chi connectivity index (χ2n) is 4.31. The molecule has 0 bridgehead atoms. The molecule has 6 nitrogen and oxygen atoms in total. The van der Waals surface area contributed by atoms with Crippen LogP contribution < -0.4 is 0 Å². The zero-order valence-corrected chi connectivity index (χ0v) is 8.66. The van der Waals surface area contributed by atoms with E-state index in [0.717, 1.165) is 0 Å². The lowest BCUT2D eigenvalue weighted by Gasteiger charge is -2.24. The summed E-state index contributed by atoms with van der Waals surface area (Å²) < 4.78 is 16.1. The second kappa shape index (κ2) is 3.65. The SMILES string of the molecule is CC1(C)OC2O[C@H]([C@H](O)CO)[C@@H](O)[C@H]2O1. The van der Waals surface area contributed by atoms with Crippen molar-refractivity contribution in [2.75, 3.05) is 6.61 Å². The van der Waals surface area contributed by atoms with E-state index in [1.807, 2.05) is 0 Å². The molecule has 2 saturated heterocycles. The third kappa shape index (κ3) is 1.89. The molecule has 0 radical (unpaired) electrons. The third-order valence-electron chi connectivity index (χ3n) is 2.62. The molecule has 1 unspecified atom stereocenters. The van der Waals surface area contributed by atoms with E-state index in [-0.39, 0.29) is 0 Å². The molecule has 0 amide bonds. The molecule has 5 atom stereocenters. The van der Waals surface area contributed by atoms with Crippen LogP contribution in [0.1, 0.15) is 13.8 Å². The van der Waals surface area contributed by atoms with Crippen molar-refractivity contribution in [2.45, 2.75) is 50.3 Å². The lowest BCUT2D eigenvalue weighted by atomic mass is 10.1. The van der Waals surface area contributed by atoms with E-state index in [0.29, 0.717) is 0 Å². The molecule has 0 spiro atoms. The highest BCUT2D eigenvalue weighted by Crippen LogP contribution is 2.38. The number of hydrogen-bond acceptors (Lipinski definition) is 6. The van der Waals surface area contributed by atoms with Gasteiger partial charge in [0.05, 0.1) is 6.61 Å². The number of hydrogen-bond donors (Lipinski definition) is 3. The van der Waals surface area contributed by atoms with Crippen LogP contribution in [0.15, 0.2) is 0 Å². The fraction of sp³-hybridized carbons (Fsp3) is 1.00. The quantitative estimate of drug-likeness (QED) is 0.529. The number of fused-ring (bicyclic) bond motifs is 1. The van der Waals surface area contributed by atoms with Crippen LogP contribution in [0.25, 0.3) is 0 Å². The molecule has 3 N–H and O–H groups in total. The zero-order valence-electron chi connectivity index (χ0n) is 8.66. The van der Waals surface area contributed by atoms with Crippen LogP contribution in [0.3, 0.4) is 0 Å². The molecule has 0 aliphatic carbocycles. The van der Waals surface area contributed by atoms with Crippen molar-refractivity contribution in [1.29, 1.82) is 0 Å². The predicted octanol–water partition coefficient (Wildman–Crippen LogP) is -1.42. The van der Waals surface area contributed by atoms with Gasteiger partial charge >= 0.3 is 0 Å². The summed E-state index contributed by atoms with van der Waals surface area (Å²) >= 11 is 0. The molecule has 0 aromatic rings. The first-order valence-corrected chi connectivity index (χ1v) is 4.93. The molecule has 88 valence electrons. The number of aliphatic hydroxyl groups excluding tert-OH is 3. The molecule has 2 fully saturated rings. The Bertz CT molecular complexity index is 243. The topological polar surface area (TPSA) is 88.4 Å². The molecule has 0 saturated carbocycles. The largest absolute Gasteiger partial charge is 0.394 e. The van der Waals surface area contributed by atoms with Gasteiger partial charge in [-0.05, 0) is 13.8 Å². The highest BCUT2D eigenvalue weighted by atomic mass is 16.8. The smallest absolute Gasteiger partial charge is 0.190 e. The maximum absolute atomic E-state index is 9.79. The maximum Gasteiger partial charge on any atom is 0.190 e. The van der Waals surface area contributed by atoms with Crippen molar-refractivity contribution in [2.24, 2.45) is 0 Å². The maximum atomic E-state index is 9.79. The summed E-state index contributed by atoms with van der Waals surface area (Å²) in [5.74, 6) is -0.786. The van der Waals surface area contributed by atoms with Gasteiger partial charge in [-0.25, -0.2) is 0 Å². The molecule has 2 heterocycles. The molecule has 2 rings (SSSR count). The first kappa shape index (κ1) is 11.3. The van der Waals surface area contributed by atoms with Crippen molar-refractivity contribution in [3.63, 3.8) is 0 Å². The molecule has 0 aromatic carbocycles. The Balaban J connectivity index is 2.05. The average Bonchev–Trinajstić information content (AvgIpc) is 2.60. The summed E-state index contributed by atoms with van der Waals surface area (Å²) in [6.45, 7) is 2.97. The van der Waals surface area contributed by atoms with Gasteiger partial charge in [0.2, 0.25) is 0 Å². The lowest BCUT2D eigenvalue weighted by molar-refractivity contribution is -0.227. The van der Waals surface area contributed by atoms with Gasteiger partial charge in [0.15, 0.2) is 12.1 Å². The average molecular weight is 220 g/mol. The third-order valence-corrected chi connectivity index (χ3v) is 2.62. The lowest BCUT2D eigenvalue weighted by Crippen LogP contribution is -2.42. The van der Waals surface area contributed by atoms with E-state index in [4.69, 9.17) is 19.3 Å². The summed E-state index contributed by atoms with van der Waals surface area (Å²) in [4.78, 5) is 0. The van der Waals surface area contributed by atoms with Crippen molar-refractivity contribution in [3.05, 3.63) is 0 Å². The Morgan fingerprint density at radius 2 is 2.00 bits per heavy atom. The van der Waals surface area contributed by atoms with Gasteiger partial charge in [0.25, 0.3) is 0 Å². The first-order valence-electron chi connectivity index (χ1n) is 4.93. The first-order chi connectivity index (χ1) is 6.94. The van der Waals surface area contributed by atoms with Crippen LogP contribution in [-0.4, -0.2) is 58.4 Å². The van der Waals surface area contributed by atoms with Crippen LogP contribution in [0.2, 0.25) is 0 Å². The van der Waals surface area contributed by atoms with E-state index >= 15 is 0 Å². The minimum atomic E-state index is -1.12. The highest BCUT2D eigenvalue weighted by Gasteiger charge is 2.55. The number of ether oxygens (including phenoxy) is 3. The Morgan fingerprint density at radius 3 is 2.53 bits per heavy atom. The monoisotopic (exact) mass is 220 g/mol. The van der Waals surface area contributed by atoms with Crippen molar-refractivity contribution >= 4 is 0 Å². The minimum Gasteiger partial charge on any atom is -0.394 e. The normalized spacial score (nSPS) is 45.4. The van der Waals surface area contributed by atoms with Gasteiger partial charge in [0, 0.05) is 0 Å². The van der Waals surface area contributed by atoms with E-state index in [1.54, 1.807) is 13.8 Å². The van der Waals surface area contributed by atoms with E-state index in [9.17, 15) is 10.2 Å². The molecule has 2 aliphatic heterocycles. The second-order valence-corrected chi connectivity index (χ2v) is 4.31. The van der Waals surface area contributed by atoms with Crippen LogP contribution >= 0.6 is 0 Å². The molecular weight excluding hydrogens is 204 g/mol. The Kier molecular flexibility index (Phi) is 2.74. The van der Waals surface area contributed by atoms with E-state index < -0.39 is 43.1 Å². The van der Waals surface area contributed by atoms with Crippen molar-refractivity contribution in [3.8, 4) is 0 Å². The Hall–Kier alpha value is -0.240. The fourth-order valence-electron chi connectivity index (χ4n) is 1.94. The number of rotatable bonds is 2. The van der Waals surface area contributed by atoms with Gasteiger partial charge in [-0.1, -0.05) is 0 Å². The van der Waals surface area contributed by atoms with Crippen molar-refractivity contribution in [1.82, 2.24) is 0 Å². The zero-order chi connectivity index (χ0) is 11.2. The molecule has 15 heavy (non-hydrogen) atoms.